The number of aromatic amines is 1. The molecule has 4 aromatic rings. The van der Waals surface area contributed by atoms with Gasteiger partial charge in [-0.25, -0.2) is 4.98 Å². The molecule has 4 rings (SSSR count). The molecule has 166 valence electrons. The van der Waals surface area contributed by atoms with Crippen molar-refractivity contribution in [2.24, 2.45) is 0 Å². The maximum Gasteiger partial charge on any atom is 0.166 e. The van der Waals surface area contributed by atoms with Gasteiger partial charge in [0.15, 0.2) is 5.16 Å². The zero-order chi connectivity index (χ0) is 22.3. The van der Waals surface area contributed by atoms with Crippen LogP contribution in [0, 0.1) is 0 Å². The zero-order valence-corrected chi connectivity index (χ0v) is 20.0. The van der Waals surface area contributed by atoms with Gasteiger partial charge in [0, 0.05) is 38.6 Å². The van der Waals surface area contributed by atoms with Gasteiger partial charge in [-0.2, -0.15) is 0 Å². The van der Waals surface area contributed by atoms with Gasteiger partial charge >= 0.3 is 0 Å². The number of thioether (sulfide) groups is 1. The number of anilines is 1. The monoisotopic (exact) mass is 465 g/mol. The van der Waals surface area contributed by atoms with Gasteiger partial charge in [0.25, 0.3) is 0 Å². The van der Waals surface area contributed by atoms with Gasteiger partial charge in [-0.15, -0.1) is 0 Å². The van der Waals surface area contributed by atoms with E-state index in [9.17, 15) is 0 Å². The van der Waals surface area contributed by atoms with Crippen molar-refractivity contribution in [1.29, 1.82) is 0 Å². The predicted octanol–water partition coefficient (Wildman–Crippen LogP) is 5.86. The fourth-order valence-corrected chi connectivity index (χ4v) is 4.85. The molecule has 0 bridgehead atoms. The molecule has 2 aromatic carbocycles. The average molecular weight is 466 g/mol. The molecule has 0 saturated carbocycles. The number of likely N-dealkylation sites (N-methyl/N-ethyl adjacent to an activating group) is 2. The number of aromatic nitrogens is 3. The first-order valence-electron chi connectivity index (χ1n) is 10.8. The number of rotatable bonds is 10. The molecule has 7 heteroatoms. The number of hydrogen-bond donors (Lipinski definition) is 1. The Kier molecular flexibility index (Phi) is 7.68. The molecular weight excluding hydrogens is 438 g/mol. The normalized spacial score (nSPS) is 11.4. The van der Waals surface area contributed by atoms with Crippen molar-refractivity contribution in [3.8, 4) is 0 Å². The third-order valence-electron chi connectivity index (χ3n) is 5.51. The van der Waals surface area contributed by atoms with Crippen LogP contribution in [0.25, 0.3) is 11.0 Å². The molecule has 5 nitrogen and oxygen atoms in total. The van der Waals surface area contributed by atoms with E-state index in [0.717, 1.165) is 53.8 Å². The van der Waals surface area contributed by atoms with E-state index in [2.05, 4.69) is 69.1 Å². The number of H-pyrrole nitrogens is 1. The first-order chi connectivity index (χ1) is 15.6. The number of hydrogen-bond acceptors (Lipinski definition) is 5. The Hall–Kier alpha value is -2.54. The Balaban J connectivity index is 1.37. The molecule has 0 aliphatic rings. The van der Waals surface area contributed by atoms with Crippen molar-refractivity contribution in [1.82, 2.24) is 19.9 Å². The molecule has 0 amide bonds. The van der Waals surface area contributed by atoms with Crippen LogP contribution < -0.4 is 4.90 Å². The summed E-state index contributed by atoms with van der Waals surface area (Å²) in [6.07, 6.45) is 1.84. The molecule has 0 unspecified atom stereocenters. The van der Waals surface area contributed by atoms with E-state index in [0.29, 0.717) is 10.8 Å². The highest BCUT2D eigenvalue weighted by molar-refractivity contribution is 7.98. The van der Waals surface area contributed by atoms with E-state index >= 15 is 0 Å². The SMILES string of the molecule is CCN(CCN(C)c1ccnc(CSc2nc3ccccc3[nH]2)c1Cl)Cc1ccccc1. The molecule has 0 aliphatic heterocycles. The van der Waals surface area contributed by atoms with Gasteiger partial charge in [0.1, 0.15) is 0 Å². The fraction of sp³-hybridized carbons (Fsp3) is 0.280. The number of halogens is 1. The first-order valence-corrected chi connectivity index (χ1v) is 12.2. The van der Waals surface area contributed by atoms with Gasteiger partial charge < -0.3 is 9.88 Å². The summed E-state index contributed by atoms with van der Waals surface area (Å²) in [6.45, 7) is 6.01. The zero-order valence-electron chi connectivity index (χ0n) is 18.5. The Bertz CT molecular complexity index is 1110. The lowest BCUT2D eigenvalue weighted by atomic mass is 10.2. The summed E-state index contributed by atoms with van der Waals surface area (Å²) in [4.78, 5) is 17.2. The van der Waals surface area contributed by atoms with Crippen molar-refractivity contribution in [2.45, 2.75) is 24.4 Å². The summed E-state index contributed by atoms with van der Waals surface area (Å²) in [5.74, 6) is 0.662. The highest BCUT2D eigenvalue weighted by Crippen LogP contribution is 2.31. The molecule has 2 aromatic heterocycles. The maximum atomic E-state index is 6.77. The van der Waals surface area contributed by atoms with E-state index in [4.69, 9.17) is 11.6 Å². The Morgan fingerprint density at radius 3 is 2.56 bits per heavy atom. The summed E-state index contributed by atoms with van der Waals surface area (Å²) >= 11 is 8.38. The van der Waals surface area contributed by atoms with Crippen LogP contribution in [-0.2, 0) is 12.3 Å². The fourth-order valence-electron chi connectivity index (χ4n) is 3.61. The van der Waals surface area contributed by atoms with E-state index in [-0.39, 0.29) is 0 Å². The summed E-state index contributed by atoms with van der Waals surface area (Å²) < 4.78 is 0. The van der Waals surface area contributed by atoms with Crippen LogP contribution in [-0.4, -0.2) is 46.5 Å². The van der Waals surface area contributed by atoms with E-state index < -0.39 is 0 Å². The number of benzene rings is 2. The second kappa shape index (κ2) is 10.9. The third-order valence-corrected chi connectivity index (χ3v) is 6.81. The van der Waals surface area contributed by atoms with E-state index in [1.165, 1.54) is 5.56 Å². The van der Waals surface area contributed by atoms with Crippen LogP contribution >= 0.6 is 23.4 Å². The quantitative estimate of drug-likeness (QED) is 0.297. The standard InChI is InChI=1S/C25H28ClN5S/c1-3-31(17-19-9-5-4-6-10-19)16-15-30(2)23-13-14-27-22(24(23)26)18-32-25-28-20-11-7-8-12-21(20)29-25/h4-14H,3,15-18H2,1-2H3,(H,28,29). The van der Waals surface area contributed by atoms with Crippen molar-refractivity contribution in [3.05, 3.63) is 83.1 Å². The summed E-state index contributed by atoms with van der Waals surface area (Å²) in [5.41, 5.74) is 5.23. The Labute approximate surface area is 198 Å². The second-order valence-electron chi connectivity index (χ2n) is 7.71. The molecule has 0 fully saturated rings. The Morgan fingerprint density at radius 1 is 1.00 bits per heavy atom. The molecule has 0 spiro atoms. The topological polar surface area (TPSA) is 48.1 Å². The second-order valence-corrected chi connectivity index (χ2v) is 9.06. The number of nitrogens with one attached hydrogen (secondary N) is 1. The number of para-hydroxylation sites is 2. The molecular formula is C25H28ClN5S. The predicted molar refractivity (Wildman–Crippen MR) is 136 cm³/mol. The number of nitrogens with zero attached hydrogens (tertiary/aromatic N) is 4. The molecule has 2 heterocycles. The molecule has 32 heavy (non-hydrogen) atoms. The van der Waals surface area contributed by atoms with E-state index in [1.54, 1.807) is 11.8 Å². The minimum absolute atomic E-state index is 0.662. The lowest BCUT2D eigenvalue weighted by Gasteiger charge is -2.26. The van der Waals surface area contributed by atoms with Crippen LogP contribution in [0.2, 0.25) is 5.02 Å². The maximum absolute atomic E-state index is 6.77. The van der Waals surface area contributed by atoms with Crippen LogP contribution in [0.5, 0.6) is 0 Å². The summed E-state index contributed by atoms with van der Waals surface area (Å²) in [7, 11) is 2.09. The molecule has 0 aliphatic carbocycles. The molecule has 0 atom stereocenters. The van der Waals surface area contributed by atoms with Crippen molar-refractivity contribution in [2.75, 3.05) is 31.6 Å². The summed E-state index contributed by atoms with van der Waals surface area (Å²) in [6, 6.07) is 20.6. The third kappa shape index (κ3) is 5.63. The number of fused-ring (bicyclic) bond motifs is 1. The lowest BCUT2D eigenvalue weighted by Crippen LogP contribution is -2.33. The largest absolute Gasteiger partial charge is 0.372 e. The van der Waals surface area contributed by atoms with Gasteiger partial charge in [0.05, 0.1) is 27.4 Å². The lowest BCUT2D eigenvalue weighted by molar-refractivity contribution is 0.287. The number of imidazole rings is 1. The molecule has 0 radical (unpaired) electrons. The molecule has 1 N–H and O–H groups in total. The van der Waals surface area contributed by atoms with Gasteiger partial charge in [-0.05, 0) is 30.3 Å². The van der Waals surface area contributed by atoms with Crippen molar-refractivity contribution < 1.29 is 0 Å². The van der Waals surface area contributed by atoms with Crippen LogP contribution in [0.1, 0.15) is 18.2 Å². The first kappa shape index (κ1) is 22.6. The van der Waals surface area contributed by atoms with Gasteiger partial charge in [-0.3, -0.25) is 9.88 Å². The minimum Gasteiger partial charge on any atom is -0.372 e. The summed E-state index contributed by atoms with van der Waals surface area (Å²) in [5, 5.41) is 1.59. The average Bonchev–Trinajstić information content (AvgIpc) is 3.24. The van der Waals surface area contributed by atoms with Crippen molar-refractivity contribution in [3.63, 3.8) is 0 Å². The van der Waals surface area contributed by atoms with E-state index in [1.807, 2.05) is 36.5 Å². The highest BCUT2D eigenvalue weighted by Gasteiger charge is 2.14. The number of pyridine rings is 1. The van der Waals surface area contributed by atoms with Gasteiger partial charge in [-0.1, -0.05) is 72.8 Å². The van der Waals surface area contributed by atoms with Gasteiger partial charge in [0.2, 0.25) is 0 Å². The van der Waals surface area contributed by atoms with Crippen LogP contribution in [0.15, 0.2) is 72.0 Å². The van der Waals surface area contributed by atoms with Crippen LogP contribution in [0.3, 0.4) is 0 Å². The minimum atomic E-state index is 0.662. The molecule has 0 saturated heterocycles. The smallest absolute Gasteiger partial charge is 0.166 e. The Morgan fingerprint density at radius 2 is 1.78 bits per heavy atom. The van der Waals surface area contributed by atoms with Crippen molar-refractivity contribution >= 4 is 40.1 Å². The van der Waals surface area contributed by atoms with Crippen LogP contribution in [0.4, 0.5) is 5.69 Å². The highest BCUT2D eigenvalue weighted by atomic mass is 35.5.